The van der Waals surface area contributed by atoms with Crippen molar-refractivity contribution < 1.29 is 0 Å². The zero-order valence-electron chi connectivity index (χ0n) is 14.5. The van der Waals surface area contributed by atoms with E-state index < -0.39 is 0 Å². The van der Waals surface area contributed by atoms with Crippen molar-refractivity contribution in [3.63, 3.8) is 0 Å². The van der Waals surface area contributed by atoms with Crippen molar-refractivity contribution in [1.82, 2.24) is 0 Å². The van der Waals surface area contributed by atoms with Gasteiger partial charge in [0.1, 0.15) is 0 Å². The van der Waals surface area contributed by atoms with Gasteiger partial charge in [0.25, 0.3) is 0 Å². The van der Waals surface area contributed by atoms with Crippen LogP contribution >= 0.6 is 0 Å². The van der Waals surface area contributed by atoms with Crippen molar-refractivity contribution in [3.05, 3.63) is 0 Å². The maximum Gasteiger partial charge on any atom is -0.0300 e. The van der Waals surface area contributed by atoms with Gasteiger partial charge in [-0.2, -0.15) is 0 Å². The molecule has 18 heavy (non-hydrogen) atoms. The lowest BCUT2D eigenvalue weighted by molar-refractivity contribution is 0.0732. The molecule has 0 saturated heterocycles. The molecule has 0 aliphatic heterocycles. The van der Waals surface area contributed by atoms with Gasteiger partial charge >= 0.3 is 0 Å². The van der Waals surface area contributed by atoms with Crippen LogP contribution in [0.2, 0.25) is 0 Å². The maximum absolute atomic E-state index is 2.48. The van der Waals surface area contributed by atoms with E-state index in [1.165, 1.54) is 19.3 Å². The molecule has 110 valence electrons. The monoisotopic (exact) mass is 254 g/mol. The molecule has 5 atom stereocenters. The van der Waals surface area contributed by atoms with Crippen LogP contribution < -0.4 is 0 Å². The third kappa shape index (κ3) is 4.59. The Balaban J connectivity index is 4.60. The van der Waals surface area contributed by atoms with Crippen LogP contribution in [0.15, 0.2) is 0 Å². The first-order valence-electron chi connectivity index (χ1n) is 8.18. The number of hydrogen-bond donors (Lipinski definition) is 0. The van der Waals surface area contributed by atoms with E-state index in [0.717, 1.165) is 29.6 Å². The van der Waals surface area contributed by atoms with Crippen molar-refractivity contribution in [2.24, 2.45) is 35.0 Å². The summed E-state index contributed by atoms with van der Waals surface area (Å²) in [5.74, 6) is 4.17. The van der Waals surface area contributed by atoms with Crippen molar-refractivity contribution >= 4 is 0 Å². The largest absolute Gasteiger partial charge is 0.0651 e. The summed E-state index contributed by atoms with van der Waals surface area (Å²) < 4.78 is 0. The van der Waals surface area contributed by atoms with Crippen LogP contribution in [0.3, 0.4) is 0 Å². The number of rotatable bonds is 8. The fourth-order valence-electron chi connectivity index (χ4n) is 3.03. The van der Waals surface area contributed by atoms with Crippen molar-refractivity contribution in [2.45, 2.75) is 81.6 Å². The third-order valence-electron chi connectivity index (χ3n) is 6.28. The summed E-state index contributed by atoms with van der Waals surface area (Å²) in [6.45, 7) is 21.8. The van der Waals surface area contributed by atoms with Crippen LogP contribution in [-0.2, 0) is 0 Å². The molecule has 0 heterocycles. The van der Waals surface area contributed by atoms with E-state index in [4.69, 9.17) is 0 Å². The van der Waals surface area contributed by atoms with E-state index in [1.807, 2.05) is 0 Å². The second kappa shape index (κ2) is 7.56. The van der Waals surface area contributed by atoms with Gasteiger partial charge in [0.2, 0.25) is 0 Å². The second-order valence-corrected chi connectivity index (χ2v) is 7.50. The Morgan fingerprint density at radius 3 is 1.56 bits per heavy atom. The molecule has 0 fully saturated rings. The molecule has 0 aliphatic rings. The first-order valence-corrected chi connectivity index (χ1v) is 8.18. The molecule has 0 amide bonds. The SMILES string of the molecule is CCC(C)C(C)CC(C)C(C)(C)C(C)C(C)CC. The molecular formula is C18H38. The van der Waals surface area contributed by atoms with Crippen LogP contribution in [-0.4, -0.2) is 0 Å². The molecule has 0 nitrogen and oxygen atoms in total. The summed E-state index contributed by atoms with van der Waals surface area (Å²) in [5.41, 5.74) is 0.456. The van der Waals surface area contributed by atoms with Crippen LogP contribution in [0, 0.1) is 35.0 Å². The van der Waals surface area contributed by atoms with Crippen LogP contribution in [0.4, 0.5) is 0 Å². The molecule has 5 unspecified atom stereocenters. The van der Waals surface area contributed by atoms with E-state index in [9.17, 15) is 0 Å². The van der Waals surface area contributed by atoms with E-state index >= 15 is 0 Å². The van der Waals surface area contributed by atoms with Crippen LogP contribution in [0.1, 0.15) is 81.6 Å². The Bertz CT molecular complexity index is 216. The fraction of sp³-hybridized carbons (Fsp3) is 1.00. The zero-order valence-corrected chi connectivity index (χ0v) is 14.5. The smallest absolute Gasteiger partial charge is 0.0300 e. The van der Waals surface area contributed by atoms with Crippen LogP contribution in [0.5, 0.6) is 0 Å². The van der Waals surface area contributed by atoms with Gasteiger partial charge in [0.05, 0.1) is 0 Å². The Hall–Kier alpha value is 0. The van der Waals surface area contributed by atoms with Crippen LogP contribution in [0.25, 0.3) is 0 Å². The number of hydrogen-bond acceptors (Lipinski definition) is 0. The molecule has 0 rings (SSSR count). The quantitative estimate of drug-likeness (QED) is 0.470. The predicted octanol–water partition coefficient (Wildman–Crippen LogP) is 6.40. The lowest BCUT2D eigenvalue weighted by atomic mass is 9.63. The normalized spacial score (nSPS) is 21.2. The van der Waals surface area contributed by atoms with Gasteiger partial charge in [-0.25, -0.2) is 0 Å². The minimum Gasteiger partial charge on any atom is -0.0651 e. The predicted molar refractivity (Wildman–Crippen MR) is 84.8 cm³/mol. The van der Waals surface area contributed by atoms with Crippen molar-refractivity contribution in [3.8, 4) is 0 Å². The van der Waals surface area contributed by atoms with E-state index in [-0.39, 0.29) is 0 Å². The summed E-state index contributed by atoms with van der Waals surface area (Å²) in [6, 6.07) is 0. The average Bonchev–Trinajstić information content (AvgIpc) is 2.35. The minimum atomic E-state index is 0.456. The van der Waals surface area contributed by atoms with Gasteiger partial charge < -0.3 is 0 Å². The Labute approximate surface area is 117 Å². The lowest BCUT2D eigenvalue weighted by Crippen LogP contribution is -2.34. The molecule has 0 aromatic carbocycles. The standard InChI is InChI=1S/C18H38/c1-10-13(3)15(5)12-16(6)18(8,9)17(7)14(4)11-2/h13-17H,10-12H2,1-9H3. The third-order valence-corrected chi connectivity index (χ3v) is 6.28. The molecule has 0 radical (unpaired) electrons. The highest BCUT2D eigenvalue weighted by atomic mass is 14.4. The highest BCUT2D eigenvalue weighted by Gasteiger charge is 2.35. The first-order chi connectivity index (χ1) is 8.18. The maximum atomic E-state index is 2.48. The molecule has 0 heteroatoms. The second-order valence-electron chi connectivity index (χ2n) is 7.50. The minimum absolute atomic E-state index is 0.456. The van der Waals surface area contributed by atoms with Crippen molar-refractivity contribution in [2.75, 3.05) is 0 Å². The summed E-state index contributed by atoms with van der Waals surface area (Å²) in [7, 11) is 0. The van der Waals surface area contributed by atoms with E-state index in [0.29, 0.717) is 5.41 Å². The van der Waals surface area contributed by atoms with Gasteiger partial charge in [-0.1, -0.05) is 75.2 Å². The van der Waals surface area contributed by atoms with Crippen molar-refractivity contribution in [1.29, 1.82) is 0 Å². The van der Waals surface area contributed by atoms with Gasteiger partial charge in [-0.15, -0.1) is 0 Å². The molecule has 0 bridgehead atoms. The first kappa shape index (κ1) is 18.0. The summed E-state index contributed by atoms with van der Waals surface area (Å²) in [5, 5.41) is 0. The Morgan fingerprint density at radius 2 is 1.17 bits per heavy atom. The summed E-state index contributed by atoms with van der Waals surface area (Å²) >= 11 is 0. The van der Waals surface area contributed by atoms with E-state index in [1.54, 1.807) is 0 Å². The topological polar surface area (TPSA) is 0 Å². The zero-order chi connectivity index (χ0) is 14.5. The Kier molecular flexibility index (Phi) is 7.56. The Morgan fingerprint density at radius 1 is 0.722 bits per heavy atom. The fourth-order valence-corrected chi connectivity index (χ4v) is 3.03. The molecular weight excluding hydrogens is 216 g/mol. The van der Waals surface area contributed by atoms with Gasteiger partial charge in [-0.05, 0) is 41.4 Å². The lowest BCUT2D eigenvalue weighted by Gasteiger charge is -2.42. The highest BCUT2D eigenvalue weighted by molar-refractivity contribution is 4.84. The highest BCUT2D eigenvalue weighted by Crippen LogP contribution is 2.43. The molecule has 0 aromatic rings. The summed E-state index contributed by atoms with van der Waals surface area (Å²) in [4.78, 5) is 0. The molecule has 0 N–H and O–H groups in total. The van der Waals surface area contributed by atoms with Gasteiger partial charge in [-0.3, -0.25) is 0 Å². The summed E-state index contributed by atoms with van der Waals surface area (Å²) in [6.07, 6.45) is 4.00. The molecule has 0 saturated carbocycles. The van der Waals surface area contributed by atoms with E-state index in [2.05, 4.69) is 62.3 Å². The average molecular weight is 255 g/mol. The van der Waals surface area contributed by atoms with Gasteiger partial charge in [0, 0.05) is 0 Å². The van der Waals surface area contributed by atoms with Gasteiger partial charge in [0.15, 0.2) is 0 Å². The molecule has 0 aliphatic carbocycles. The molecule has 0 aromatic heterocycles. The molecule has 0 spiro atoms.